The van der Waals surface area contributed by atoms with Crippen LogP contribution in [0.25, 0.3) is 22.3 Å². The molecule has 0 unspecified atom stereocenters. The van der Waals surface area contributed by atoms with Crippen molar-refractivity contribution in [1.29, 1.82) is 0 Å². The summed E-state index contributed by atoms with van der Waals surface area (Å²) in [5, 5.41) is 0. The molecule has 0 aliphatic carbocycles. The van der Waals surface area contributed by atoms with Crippen molar-refractivity contribution in [2.75, 3.05) is 0 Å². The van der Waals surface area contributed by atoms with E-state index in [9.17, 15) is 14.0 Å². The van der Waals surface area contributed by atoms with E-state index in [0.717, 1.165) is 35.1 Å². The molecule has 0 heterocycles. The van der Waals surface area contributed by atoms with Gasteiger partial charge >= 0.3 is 11.9 Å². The highest BCUT2D eigenvalue weighted by Gasteiger charge is 2.09. The Labute approximate surface area is 184 Å². The molecule has 160 valence electrons. The molecule has 0 saturated heterocycles. The molecule has 3 aromatic rings. The molecule has 0 aliphatic rings. The van der Waals surface area contributed by atoms with E-state index in [1.54, 1.807) is 18.2 Å². The Balaban J connectivity index is 1.67. The summed E-state index contributed by atoms with van der Waals surface area (Å²) >= 11 is 0. The van der Waals surface area contributed by atoms with Gasteiger partial charge in [0.15, 0.2) is 11.6 Å². The van der Waals surface area contributed by atoms with Crippen molar-refractivity contribution in [3.05, 3.63) is 110 Å². The molecule has 32 heavy (non-hydrogen) atoms. The van der Waals surface area contributed by atoms with Crippen LogP contribution in [0.1, 0.15) is 0 Å². The topological polar surface area (TPSA) is 61.8 Å². The van der Waals surface area contributed by atoms with Crippen LogP contribution in [-0.2, 0) is 14.3 Å². The molecule has 0 N–H and O–H groups in total. The summed E-state index contributed by atoms with van der Waals surface area (Å²) in [6.07, 6.45) is 4.42. The van der Waals surface area contributed by atoms with E-state index in [0.29, 0.717) is 11.3 Å². The van der Waals surface area contributed by atoms with Crippen LogP contribution >= 0.6 is 0 Å². The van der Waals surface area contributed by atoms with E-state index in [1.165, 1.54) is 18.4 Å². The van der Waals surface area contributed by atoms with Gasteiger partial charge in [-0.05, 0) is 46.5 Å². The number of carbonyl (C=O) groups is 2. The van der Waals surface area contributed by atoms with E-state index in [1.807, 2.05) is 36.4 Å². The Hall–Kier alpha value is -4.45. The number of rotatable bonds is 8. The van der Waals surface area contributed by atoms with Gasteiger partial charge in [0.25, 0.3) is 0 Å². The molecular weight excluding hydrogens is 411 g/mol. The van der Waals surface area contributed by atoms with E-state index in [2.05, 4.69) is 17.9 Å². The van der Waals surface area contributed by atoms with Crippen molar-refractivity contribution in [2.45, 2.75) is 0 Å². The molecule has 6 heteroatoms. The molecule has 0 fully saturated rings. The zero-order chi connectivity index (χ0) is 22.9. The summed E-state index contributed by atoms with van der Waals surface area (Å²) in [4.78, 5) is 22.2. The second-order valence-electron chi connectivity index (χ2n) is 6.40. The molecule has 3 aromatic carbocycles. The Kier molecular flexibility index (Phi) is 7.33. The van der Waals surface area contributed by atoms with Gasteiger partial charge in [0.05, 0.1) is 0 Å². The first-order valence-corrected chi connectivity index (χ1v) is 9.49. The predicted molar refractivity (Wildman–Crippen MR) is 119 cm³/mol. The van der Waals surface area contributed by atoms with Gasteiger partial charge in [-0.1, -0.05) is 55.6 Å². The maximum absolute atomic E-state index is 14.2. The molecule has 0 amide bonds. The lowest BCUT2D eigenvalue weighted by molar-refractivity contribution is -0.132. The Morgan fingerprint density at radius 3 is 1.81 bits per heavy atom. The van der Waals surface area contributed by atoms with Gasteiger partial charge in [-0.2, -0.15) is 0 Å². The molecule has 0 aromatic heterocycles. The van der Waals surface area contributed by atoms with Gasteiger partial charge < -0.3 is 14.2 Å². The van der Waals surface area contributed by atoms with Crippen molar-refractivity contribution in [2.24, 2.45) is 0 Å². The normalized spacial score (nSPS) is 10.4. The monoisotopic (exact) mass is 430 g/mol. The lowest BCUT2D eigenvalue weighted by Gasteiger charge is -2.08. The first-order valence-electron chi connectivity index (χ1n) is 9.49. The molecule has 3 rings (SSSR count). The average molecular weight is 430 g/mol. The Morgan fingerprint density at radius 2 is 1.25 bits per heavy atom. The zero-order valence-corrected chi connectivity index (χ0v) is 17.0. The van der Waals surface area contributed by atoms with Crippen molar-refractivity contribution < 1.29 is 28.2 Å². The number of ether oxygens (including phenoxy) is 3. The first-order chi connectivity index (χ1) is 15.5. The zero-order valence-electron chi connectivity index (χ0n) is 17.0. The smallest absolute Gasteiger partial charge is 0.335 e. The highest BCUT2D eigenvalue weighted by molar-refractivity contribution is 5.83. The van der Waals surface area contributed by atoms with Gasteiger partial charge in [0, 0.05) is 12.2 Å². The average Bonchev–Trinajstić information content (AvgIpc) is 2.83. The lowest BCUT2D eigenvalue weighted by Crippen LogP contribution is -2.04. The summed E-state index contributed by atoms with van der Waals surface area (Å²) in [5.74, 6) is -1.50. The van der Waals surface area contributed by atoms with Crippen molar-refractivity contribution >= 4 is 11.9 Å². The minimum Gasteiger partial charge on any atom is -0.462 e. The largest absolute Gasteiger partial charge is 0.462 e. The van der Waals surface area contributed by atoms with E-state index >= 15 is 0 Å². The van der Waals surface area contributed by atoms with Crippen LogP contribution in [0.15, 0.2) is 105 Å². The molecule has 0 saturated carbocycles. The molecular formula is C26H19FO5. The molecule has 0 spiro atoms. The quantitative estimate of drug-likeness (QED) is 0.195. The SMILES string of the molecule is C=CC(=O)O/C=C\Oc1ccc(-c2ccc(-c3ccc(OC(=O)C=C)c(F)c3)cc2)cc1. The van der Waals surface area contributed by atoms with Crippen LogP contribution in [-0.4, -0.2) is 11.9 Å². The number of benzene rings is 3. The third-order valence-corrected chi connectivity index (χ3v) is 4.33. The molecule has 0 aliphatic heterocycles. The fraction of sp³-hybridized carbons (Fsp3) is 0. The van der Waals surface area contributed by atoms with Crippen LogP contribution in [0.4, 0.5) is 4.39 Å². The molecule has 0 bridgehead atoms. The van der Waals surface area contributed by atoms with Gasteiger partial charge in [0.1, 0.15) is 18.3 Å². The fourth-order valence-electron chi connectivity index (χ4n) is 2.74. The molecule has 5 nitrogen and oxygen atoms in total. The highest BCUT2D eigenvalue weighted by atomic mass is 19.1. The minimum atomic E-state index is -0.718. The summed E-state index contributed by atoms with van der Waals surface area (Å²) in [7, 11) is 0. The summed E-state index contributed by atoms with van der Waals surface area (Å²) in [5.41, 5.74) is 3.39. The van der Waals surface area contributed by atoms with Crippen molar-refractivity contribution in [3.8, 4) is 33.8 Å². The van der Waals surface area contributed by atoms with Crippen molar-refractivity contribution in [1.82, 2.24) is 0 Å². The number of hydrogen-bond donors (Lipinski definition) is 0. The standard InChI is InChI=1S/C26H19FO5/c1-3-25(28)31-16-15-30-22-12-9-19(10-13-22)18-5-7-20(8-6-18)21-11-14-24(23(27)17-21)32-26(29)4-2/h3-17H,1-2H2/b16-15-. The Bertz CT molecular complexity index is 1160. The minimum absolute atomic E-state index is 0.147. The van der Waals surface area contributed by atoms with Crippen LogP contribution in [0, 0.1) is 5.82 Å². The lowest BCUT2D eigenvalue weighted by atomic mass is 10.00. The van der Waals surface area contributed by atoms with Crippen LogP contribution in [0.5, 0.6) is 11.5 Å². The van der Waals surface area contributed by atoms with Crippen LogP contribution in [0.3, 0.4) is 0 Å². The van der Waals surface area contributed by atoms with E-state index in [-0.39, 0.29) is 5.75 Å². The highest BCUT2D eigenvalue weighted by Crippen LogP contribution is 2.29. The summed E-state index contributed by atoms with van der Waals surface area (Å²) < 4.78 is 29.1. The van der Waals surface area contributed by atoms with Gasteiger partial charge in [0.2, 0.25) is 0 Å². The van der Waals surface area contributed by atoms with Crippen LogP contribution in [0.2, 0.25) is 0 Å². The maximum atomic E-state index is 14.2. The summed E-state index contributed by atoms with van der Waals surface area (Å²) in [6, 6.07) is 19.3. The number of hydrogen-bond acceptors (Lipinski definition) is 5. The second kappa shape index (κ2) is 10.5. The third kappa shape index (κ3) is 5.79. The molecule has 0 atom stereocenters. The second-order valence-corrected chi connectivity index (χ2v) is 6.40. The van der Waals surface area contributed by atoms with Gasteiger partial charge in [-0.15, -0.1) is 0 Å². The Morgan fingerprint density at radius 1 is 0.719 bits per heavy atom. The fourth-order valence-corrected chi connectivity index (χ4v) is 2.74. The van der Waals surface area contributed by atoms with Gasteiger partial charge in [-0.3, -0.25) is 0 Å². The van der Waals surface area contributed by atoms with E-state index in [4.69, 9.17) is 9.47 Å². The molecule has 0 radical (unpaired) electrons. The van der Waals surface area contributed by atoms with Crippen LogP contribution < -0.4 is 9.47 Å². The summed E-state index contributed by atoms with van der Waals surface area (Å²) in [6.45, 7) is 6.58. The third-order valence-electron chi connectivity index (χ3n) is 4.33. The van der Waals surface area contributed by atoms with Gasteiger partial charge in [-0.25, -0.2) is 14.0 Å². The number of carbonyl (C=O) groups excluding carboxylic acids is 2. The predicted octanol–water partition coefficient (Wildman–Crippen LogP) is 5.83. The van der Waals surface area contributed by atoms with E-state index < -0.39 is 17.8 Å². The van der Waals surface area contributed by atoms with Crippen molar-refractivity contribution in [3.63, 3.8) is 0 Å². The number of halogens is 1. The first kappa shape index (κ1) is 22.2. The number of esters is 2. The maximum Gasteiger partial charge on any atom is 0.335 e.